The number of halogens is 1. The van der Waals surface area contributed by atoms with Gasteiger partial charge in [-0.15, -0.1) is 0 Å². The van der Waals surface area contributed by atoms with Crippen LogP contribution < -0.4 is 20.3 Å². The summed E-state index contributed by atoms with van der Waals surface area (Å²) >= 11 is 0. The fourth-order valence-corrected chi connectivity index (χ4v) is 2.94. The number of nitrogens with two attached hydrogens (primary N) is 1. The van der Waals surface area contributed by atoms with Crippen LogP contribution in [0.25, 0.3) is 0 Å². The summed E-state index contributed by atoms with van der Waals surface area (Å²) in [7, 11) is 1.57. The first-order valence-electron chi connectivity index (χ1n) is 7.97. The molecule has 2 heterocycles. The maximum atomic E-state index is 14.0. The van der Waals surface area contributed by atoms with E-state index in [0.29, 0.717) is 43.7 Å². The molecule has 1 fully saturated rings. The third kappa shape index (κ3) is 3.47. The van der Waals surface area contributed by atoms with Crippen molar-refractivity contribution < 1.29 is 13.9 Å². The van der Waals surface area contributed by atoms with Crippen molar-refractivity contribution in [2.45, 2.75) is 6.92 Å². The second-order valence-electron chi connectivity index (χ2n) is 5.82. The minimum Gasteiger partial charge on any atom is -0.481 e. The zero-order valence-electron chi connectivity index (χ0n) is 14.2. The number of hydrogen-bond acceptors (Lipinski definition) is 6. The molecule has 0 atom stereocenters. The number of methoxy groups -OCH3 is 1. The van der Waals surface area contributed by atoms with Crippen LogP contribution in [0.15, 0.2) is 24.3 Å². The highest BCUT2D eigenvalue weighted by atomic mass is 19.1. The number of benzene rings is 1. The van der Waals surface area contributed by atoms with E-state index in [9.17, 15) is 9.18 Å². The van der Waals surface area contributed by atoms with E-state index in [2.05, 4.69) is 9.97 Å². The van der Waals surface area contributed by atoms with E-state index >= 15 is 0 Å². The highest BCUT2D eigenvalue weighted by Crippen LogP contribution is 2.25. The number of piperazine rings is 1. The third-order valence-electron chi connectivity index (χ3n) is 4.17. The molecule has 0 bridgehead atoms. The molecule has 0 saturated carbocycles. The average Bonchev–Trinajstić information content (AvgIpc) is 2.60. The predicted octanol–water partition coefficient (Wildman–Crippen LogP) is 1.36. The Hall–Kier alpha value is -2.90. The van der Waals surface area contributed by atoms with Gasteiger partial charge in [-0.1, -0.05) is 6.07 Å². The zero-order chi connectivity index (χ0) is 18.0. The highest BCUT2D eigenvalue weighted by Gasteiger charge is 2.24. The monoisotopic (exact) mass is 345 g/mol. The molecule has 132 valence electrons. The first-order chi connectivity index (χ1) is 12.0. The summed E-state index contributed by atoms with van der Waals surface area (Å²) < 4.78 is 19.1. The van der Waals surface area contributed by atoms with Gasteiger partial charge in [-0.05, 0) is 19.1 Å². The Balaban J connectivity index is 1.78. The van der Waals surface area contributed by atoms with Crippen LogP contribution >= 0.6 is 0 Å². The van der Waals surface area contributed by atoms with Crippen molar-refractivity contribution in [3.8, 4) is 5.88 Å². The molecule has 1 amide bonds. The smallest absolute Gasteiger partial charge is 0.253 e. The summed E-state index contributed by atoms with van der Waals surface area (Å²) in [4.78, 5) is 24.4. The maximum absolute atomic E-state index is 14.0. The summed E-state index contributed by atoms with van der Waals surface area (Å²) in [6.07, 6.45) is 0. The lowest BCUT2D eigenvalue weighted by atomic mass is 10.1. The van der Waals surface area contributed by atoms with Gasteiger partial charge in [0, 0.05) is 37.9 Å². The molecule has 8 heteroatoms. The van der Waals surface area contributed by atoms with Gasteiger partial charge < -0.3 is 20.3 Å². The van der Waals surface area contributed by atoms with E-state index in [1.165, 1.54) is 6.07 Å². The number of nitrogens with zero attached hydrogens (tertiary/aromatic N) is 4. The molecule has 25 heavy (non-hydrogen) atoms. The minimum absolute atomic E-state index is 0.0653. The van der Waals surface area contributed by atoms with Gasteiger partial charge in [0.15, 0.2) is 0 Å². The van der Waals surface area contributed by atoms with Crippen molar-refractivity contribution in [1.29, 1.82) is 0 Å². The molecule has 7 nitrogen and oxygen atoms in total. The first kappa shape index (κ1) is 16.9. The Labute approximate surface area is 145 Å². The van der Waals surface area contributed by atoms with Crippen molar-refractivity contribution in [2.24, 2.45) is 5.73 Å². The van der Waals surface area contributed by atoms with Crippen LogP contribution in [0.5, 0.6) is 5.88 Å². The van der Waals surface area contributed by atoms with Crippen molar-refractivity contribution in [3.63, 3.8) is 0 Å². The van der Waals surface area contributed by atoms with Crippen LogP contribution in [0, 0.1) is 12.7 Å². The van der Waals surface area contributed by atoms with Gasteiger partial charge >= 0.3 is 0 Å². The number of amides is 1. The van der Waals surface area contributed by atoms with E-state index in [4.69, 9.17) is 10.5 Å². The van der Waals surface area contributed by atoms with E-state index < -0.39 is 11.7 Å². The van der Waals surface area contributed by atoms with Crippen LogP contribution in [0.3, 0.4) is 0 Å². The van der Waals surface area contributed by atoms with Crippen LogP contribution in [0.2, 0.25) is 0 Å². The largest absolute Gasteiger partial charge is 0.481 e. The van der Waals surface area contributed by atoms with E-state index in [1.54, 1.807) is 25.3 Å². The van der Waals surface area contributed by atoms with Gasteiger partial charge in [-0.25, -0.2) is 9.37 Å². The van der Waals surface area contributed by atoms with Crippen LogP contribution in [0.1, 0.15) is 16.1 Å². The molecular weight excluding hydrogens is 325 g/mol. The SMILES string of the molecule is COc1cc(C)nc(N2CCN(c3cccc(F)c3C(N)=O)CC2)n1. The topological polar surface area (TPSA) is 84.6 Å². The number of hydrogen-bond donors (Lipinski definition) is 1. The molecule has 0 aliphatic carbocycles. The number of rotatable bonds is 4. The maximum Gasteiger partial charge on any atom is 0.253 e. The van der Waals surface area contributed by atoms with Crippen molar-refractivity contribution in [3.05, 3.63) is 41.3 Å². The number of primary amides is 1. The van der Waals surface area contributed by atoms with Crippen LogP contribution in [0.4, 0.5) is 16.0 Å². The summed E-state index contributed by atoms with van der Waals surface area (Å²) in [5.74, 6) is -0.238. The van der Waals surface area contributed by atoms with E-state index in [0.717, 1.165) is 5.69 Å². The quantitative estimate of drug-likeness (QED) is 0.901. The summed E-state index contributed by atoms with van der Waals surface area (Å²) in [5, 5.41) is 0. The molecule has 0 spiro atoms. The lowest BCUT2D eigenvalue weighted by Gasteiger charge is -2.36. The van der Waals surface area contributed by atoms with E-state index in [1.807, 2.05) is 16.7 Å². The van der Waals surface area contributed by atoms with Gasteiger partial charge in [-0.2, -0.15) is 4.98 Å². The van der Waals surface area contributed by atoms with Gasteiger partial charge in [-0.3, -0.25) is 4.79 Å². The summed E-state index contributed by atoms with van der Waals surface area (Å²) in [5.41, 5.74) is 6.62. The molecule has 1 aliphatic rings. The van der Waals surface area contributed by atoms with Crippen LogP contribution in [-0.4, -0.2) is 49.2 Å². The number of aromatic nitrogens is 2. The second-order valence-corrected chi connectivity index (χ2v) is 5.82. The second kappa shape index (κ2) is 6.92. The Kier molecular flexibility index (Phi) is 4.69. The van der Waals surface area contributed by atoms with Crippen LogP contribution in [-0.2, 0) is 0 Å². The molecule has 1 aromatic heterocycles. The Bertz CT molecular complexity index is 791. The summed E-state index contributed by atoms with van der Waals surface area (Å²) in [6.45, 7) is 4.37. The number of anilines is 2. The number of carbonyl (C=O) groups excluding carboxylic acids is 1. The fourth-order valence-electron chi connectivity index (χ4n) is 2.94. The molecule has 0 unspecified atom stereocenters. The minimum atomic E-state index is -0.762. The van der Waals surface area contributed by atoms with Gasteiger partial charge in [0.2, 0.25) is 11.8 Å². The molecule has 0 radical (unpaired) electrons. The van der Waals surface area contributed by atoms with E-state index in [-0.39, 0.29) is 5.56 Å². The van der Waals surface area contributed by atoms with Crippen molar-refractivity contribution >= 4 is 17.5 Å². The normalized spacial score (nSPS) is 14.5. The number of carbonyl (C=O) groups is 1. The van der Waals surface area contributed by atoms with Gasteiger partial charge in [0.25, 0.3) is 5.91 Å². The van der Waals surface area contributed by atoms with Crippen molar-refractivity contribution in [1.82, 2.24) is 9.97 Å². The zero-order valence-corrected chi connectivity index (χ0v) is 14.2. The average molecular weight is 345 g/mol. The standard InChI is InChI=1S/C17H20FN5O2/c1-11-10-14(25-2)21-17(20-11)23-8-6-22(7-9-23)13-5-3-4-12(18)15(13)16(19)24/h3-5,10H,6-9H2,1-2H3,(H2,19,24). The van der Waals surface area contributed by atoms with Gasteiger partial charge in [0.1, 0.15) is 5.82 Å². The lowest BCUT2D eigenvalue weighted by molar-refractivity contribution is 0.0997. The third-order valence-corrected chi connectivity index (χ3v) is 4.17. The molecule has 1 aromatic carbocycles. The highest BCUT2D eigenvalue weighted by molar-refractivity contribution is 5.99. The summed E-state index contributed by atoms with van der Waals surface area (Å²) in [6, 6.07) is 6.31. The Morgan fingerprint density at radius 3 is 2.52 bits per heavy atom. The number of aryl methyl sites for hydroxylation is 1. The first-order valence-corrected chi connectivity index (χ1v) is 7.97. The molecule has 3 rings (SSSR count). The molecule has 1 saturated heterocycles. The number of ether oxygens (including phenoxy) is 1. The van der Waals surface area contributed by atoms with Crippen molar-refractivity contribution in [2.75, 3.05) is 43.1 Å². The molecular formula is C17H20FN5O2. The lowest BCUT2D eigenvalue weighted by Crippen LogP contribution is -2.47. The van der Waals surface area contributed by atoms with Gasteiger partial charge in [0.05, 0.1) is 18.4 Å². The molecule has 2 aromatic rings. The molecule has 2 N–H and O–H groups in total. The fraction of sp³-hybridized carbons (Fsp3) is 0.353. The Morgan fingerprint density at radius 2 is 1.88 bits per heavy atom. The Morgan fingerprint density at radius 1 is 1.20 bits per heavy atom. The molecule has 1 aliphatic heterocycles. The predicted molar refractivity (Wildman–Crippen MR) is 92.7 cm³/mol.